The Hall–Kier alpha value is -1.15. The number of nitrogens with one attached hydrogen (secondary N) is 1. The molecule has 0 aromatic carbocycles. The molecule has 1 aliphatic heterocycles. The molecule has 0 spiro atoms. The lowest BCUT2D eigenvalue weighted by molar-refractivity contribution is 0.262. The van der Waals surface area contributed by atoms with Crippen LogP contribution in [-0.4, -0.2) is 17.6 Å². The molecule has 1 aliphatic carbocycles. The summed E-state index contributed by atoms with van der Waals surface area (Å²) in [5.41, 5.74) is 4.01. The highest BCUT2D eigenvalue weighted by atomic mass is 15.0. The lowest BCUT2D eigenvalue weighted by Crippen LogP contribution is -2.54. The lowest BCUT2D eigenvalue weighted by atomic mass is 9.76. The first-order valence-corrected chi connectivity index (χ1v) is 5.70. The van der Waals surface area contributed by atoms with E-state index in [4.69, 9.17) is 0 Å². The summed E-state index contributed by atoms with van der Waals surface area (Å²) in [6.07, 6.45) is 8.86. The number of pyridine rings is 1. The molecule has 3 rings (SSSR count). The molecule has 0 radical (unpaired) electrons. The van der Waals surface area contributed by atoms with Crippen LogP contribution in [0.5, 0.6) is 0 Å². The second kappa shape index (κ2) is 3.46. The molecule has 15 heavy (non-hydrogen) atoms. The zero-order valence-electron chi connectivity index (χ0n) is 9.03. The molecular formula is C13H16N2. The first-order valence-electron chi connectivity index (χ1n) is 5.70. The fraction of sp³-hybridized carbons (Fsp3) is 0.462. The molecule has 1 aromatic rings. The molecule has 78 valence electrons. The van der Waals surface area contributed by atoms with E-state index in [1.54, 1.807) is 0 Å². The average Bonchev–Trinajstić information content (AvgIpc) is 2.19. The lowest BCUT2D eigenvalue weighted by Gasteiger charge is -2.42. The molecule has 2 nitrogen and oxygen atoms in total. The Morgan fingerprint density at radius 3 is 3.07 bits per heavy atom. The quantitative estimate of drug-likeness (QED) is 0.751. The van der Waals surface area contributed by atoms with Crippen LogP contribution in [0.4, 0.5) is 0 Å². The maximum absolute atomic E-state index is 4.27. The number of hydrogen-bond donors (Lipinski definition) is 1. The maximum atomic E-state index is 4.27. The highest BCUT2D eigenvalue weighted by molar-refractivity contribution is 5.71. The van der Waals surface area contributed by atoms with E-state index in [-0.39, 0.29) is 0 Å². The number of aromatic nitrogens is 1. The smallest absolute Gasteiger partial charge is 0.0364 e. The van der Waals surface area contributed by atoms with Gasteiger partial charge in [0.1, 0.15) is 0 Å². The van der Waals surface area contributed by atoms with Crippen molar-refractivity contribution in [2.45, 2.75) is 25.8 Å². The molecule has 0 unspecified atom stereocenters. The zero-order chi connectivity index (χ0) is 10.3. The van der Waals surface area contributed by atoms with Gasteiger partial charge in [0.25, 0.3) is 0 Å². The molecule has 1 aromatic heterocycles. The fourth-order valence-electron chi connectivity index (χ4n) is 2.63. The molecule has 2 heteroatoms. The van der Waals surface area contributed by atoms with Crippen LogP contribution in [0.15, 0.2) is 24.5 Å². The van der Waals surface area contributed by atoms with Crippen molar-refractivity contribution in [2.75, 3.05) is 6.54 Å². The molecule has 2 atom stereocenters. The molecule has 2 aliphatic rings. The fourth-order valence-corrected chi connectivity index (χ4v) is 2.63. The first-order chi connectivity index (χ1) is 7.34. The summed E-state index contributed by atoms with van der Waals surface area (Å²) in [4.78, 5) is 4.27. The Morgan fingerprint density at radius 1 is 1.40 bits per heavy atom. The number of fused-ring (bicyclic) bond motifs is 1. The number of nitrogens with zero attached hydrogens (tertiary/aromatic N) is 1. The summed E-state index contributed by atoms with van der Waals surface area (Å²) >= 11 is 0. The van der Waals surface area contributed by atoms with Gasteiger partial charge in [0.05, 0.1) is 0 Å². The molecular weight excluding hydrogens is 184 g/mol. The minimum atomic E-state index is 0.599. The van der Waals surface area contributed by atoms with Crippen molar-refractivity contribution in [3.63, 3.8) is 0 Å². The Morgan fingerprint density at radius 2 is 2.33 bits per heavy atom. The molecule has 0 saturated carbocycles. The van der Waals surface area contributed by atoms with E-state index in [2.05, 4.69) is 29.4 Å². The van der Waals surface area contributed by atoms with Gasteiger partial charge in [0.15, 0.2) is 0 Å². The number of rotatable bonds is 1. The third kappa shape index (κ3) is 1.49. The second-order valence-corrected chi connectivity index (χ2v) is 4.63. The maximum Gasteiger partial charge on any atom is 0.0364 e. The van der Waals surface area contributed by atoms with Gasteiger partial charge in [-0.15, -0.1) is 0 Å². The molecule has 0 bridgehead atoms. The van der Waals surface area contributed by atoms with Gasteiger partial charge >= 0.3 is 0 Å². The first kappa shape index (κ1) is 9.10. The Balaban J connectivity index is 1.96. The highest BCUT2D eigenvalue weighted by Crippen LogP contribution is 2.35. The molecule has 1 saturated heterocycles. The number of allylic oxidation sites excluding steroid dienone is 1. The summed E-state index contributed by atoms with van der Waals surface area (Å²) in [5, 5.41) is 3.52. The number of aryl methyl sites for hydroxylation is 1. The van der Waals surface area contributed by atoms with Crippen LogP contribution >= 0.6 is 0 Å². The van der Waals surface area contributed by atoms with E-state index in [1.807, 2.05) is 12.4 Å². The van der Waals surface area contributed by atoms with Crippen molar-refractivity contribution >= 4 is 5.57 Å². The predicted molar refractivity (Wildman–Crippen MR) is 61.5 cm³/mol. The van der Waals surface area contributed by atoms with Crippen molar-refractivity contribution < 1.29 is 0 Å². The molecule has 0 amide bonds. The van der Waals surface area contributed by atoms with Crippen LogP contribution in [0.25, 0.3) is 5.57 Å². The monoisotopic (exact) mass is 200 g/mol. The highest BCUT2D eigenvalue weighted by Gasteiger charge is 2.35. The van der Waals surface area contributed by atoms with Gasteiger partial charge in [-0.25, -0.2) is 0 Å². The van der Waals surface area contributed by atoms with Crippen molar-refractivity contribution in [1.29, 1.82) is 0 Å². The van der Waals surface area contributed by atoms with Crippen LogP contribution in [0.3, 0.4) is 0 Å². The van der Waals surface area contributed by atoms with E-state index < -0.39 is 0 Å². The standard InChI is InChI=1S/C13H16N2/c1-9-5-11(7-14-6-9)12-4-2-3-10-8-15-13(10)12/h4-7,10,13,15H,2-3,8H2,1H3/t10-,13+/m1/s1. The Kier molecular flexibility index (Phi) is 2.10. The summed E-state index contributed by atoms with van der Waals surface area (Å²) in [6, 6.07) is 2.84. The van der Waals surface area contributed by atoms with Crippen LogP contribution in [0, 0.1) is 12.8 Å². The SMILES string of the molecule is Cc1cncc(C2=CCC[C@@H]3CN[C@H]23)c1. The van der Waals surface area contributed by atoms with Gasteiger partial charge in [-0.2, -0.15) is 0 Å². The average molecular weight is 200 g/mol. The third-order valence-corrected chi connectivity index (χ3v) is 3.52. The summed E-state index contributed by atoms with van der Waals surface area (Å²) in [6.45, 7) is 3.30. The van der Waals surface area contributed by atoms with E-state index in [9.17, 15) is 0 Å². The van der Waals surface area contributed by atoms with Crippen molar-refractivity contribution in [1.82, 2.24) is 10.3 Å². The van der Waals surface area contributed by atoms with Crippen molar-refractivity contribution in [2.24, 2.45) is 5.92 Å². The predicted octanol–water partition coefficient (Wildman–Crippen LogP) is 2.16. The van der Waals surface area contributed by atoms with Crippen molar-refractivity contribution in [3.05, 3.63) is 35.7 Å². The summed E-state index contributed by atoms with van der Waals surface area (Å²) in [5.74, 6) is 0.866. The van der Waals surface area contributed by atoms with Gasteiger partial charge in [-0.1, -0.05) is 6.08 Å². The largest absolute Gasteiger partial charge is 0.309 e. The van der Waals surface area contributed by atoms with Crippen LogP contribution < -0.4 is 5.32 Å². The minimum Gasteiger partial charge on any atom is -0.309 e. The van der Waals surface area contributed by atoms with E-state index in [0.717, 1.165) is 5.92 Å². The normalized spacial score (nSPS) is 29.0. The molecule has 1 N–H and O–H groups in total. The van der Waals surface area contributed by atoms with E-state index in [0.29, 0.717) is 6.04 Å². The van der Waals surface area contributed by atoms with Gasteiger partial charge in [-0.3, -0.25) is 4.98 Å². The van der Waals surface area contributed by atoms with Crippen molar-refractivity contribution in [3.8, 4) is 0 Å². The van der Waals surface area contributed by atoms with Crippen LogP contribution in [0.2, 0.25) is 0 Å². The van der Waals surface area contributed by atoms with Gasteiger partial charge in [0, 0.05) is 25.0 Å². The van der Waals surface area contributed by atoms with Gasteiger partial charge < -0.3 is 5.32 Å². The van der Waals surface area contributed by atoms with Gasteiger partial charge in [0.2, 0.25) is 0 Å². The molecule has 2 heterocycles. The molecule has 1 fully saturated rings. The number of hydrogen-bond acceptors (Lipinski definition) is 2. The van der Waals surface area contributed by atoms with Crippen LogP contribution in [0.1, 0.15) is 24.0 Å². The minimum absolute atomic E-state index is 0.599. The Labute approximate surface area is 90.4 Å². The van der Waals surface area contributed by atoms with Gasteiger partial charge in [-0.05, 0) is 48.4 Å². The summed E-state index contributed by atoms with van der Waals surface area (Å²) in [7, 11) is 0. The Bertz CT molecular complexity index is 409. The zero-order valence-corrected chi connectivity index (χ0v) is 9.03. The second-order valence-electron chi connectivity index (χ2n) is 4.63. The van der Waals surface area contributed by atoms with E-state index >= 15 is 0 Å². The summed E-state index contributed by atoms with van der Waals surface area (Å²) < 4.78 is 0. The third-order valence-electron chi connectivity index (χ3n) is 3.52. The topological polar surface area (TPSA) is 24.9 Å². The van der Waals surface area contributed by atoms with E-state index in [1.165, 1.54) is 36.1 Å². The van der Waals surface area contributed by atoms with Crippen LogP contribution in [-0.2, 0) is 0 Å².